The zero-order valence-corrected chi connectivity index (χ0v) is 17.4. The van der Waals surface area contributed by atoms with E-state index in [4.69, 9.17) is 4.74 Å². The monoisotopic (exact) mass is 368 g/mol. The Morgan fingerprint density at radius 1 is 0.852 bits per heavy atom. The summed E-state index contributed by atoms with van der Waals surface area (Å²) in [5.74, 6) is 2.28. The van der Waals surface area contributed by atoms with E-state index in [0.717, 1.165) is 36.6 Å². The molecular formula is C24H36N2O. The average molecular weight is 369 g/mol. The molecule has 148 valence electrons. The van der Waals surface area contributed by atoms with Gasteiger partial charge in [0, 0.05) is 18.0 Å². The third kappa shape index (κ3) is 8.11. The second kappa shape index (κ2) is 12.5. The Morgan fingerprint density at radius 3 is 2.11 bits per heavy atom. The molecule has 1 unspecified atom stereocenters. The molecule has 1 aromatic heterocycles. The molecule has 1 atom stereocenters. The van der Waals surface area contributed by atoms with Crippen LogP contribution >= 0.6 is 0 Å². The van der Waals surface area contributed by atoms with Crippen LogP contribution in [0.2, 0.25) is 0 Å². The number of rotatable bonds is 13. The van der Waals surface area contributed by atoms with Gasteiger partial charge >= 0.3 is 0 Å². The van der Waals surface area contributed by atoms with E-state index in [1.165, 1.54) is 50.5 Å². The second-order valence-corrected chi connectivity index (χ2v) is 7.64. The molecule has 0 radical (unpaired) electrons. The maximum absolute atomic E-state index is 5.81. The highest BCUT2D eigenvalue weighted by molar-refractivity contribution is 5.55. The number of unbranched alkanes of at least 4 members (excludes halogenated alkanes) is 6. The molecule has 0 saturated heterocycles. The van der Waals surface area contributed by atoms with Crippen molar-refractivity contribution < 1.29 is 4.74 Å². The lowest BCUT2D eigenvalue weighted by atomic mass is 10.1. The Labute approximate surface area is 165 Å². The quantitative estimate of drug-likeness (QED) is 0.362. The van der Waals surface area contributed by atoms with Crippen LogP contribution in [0.5, 0.6) is 5.75 Å². The summed E-state index contributed by atoms with van der Waals surface area (Å²) < 4.78 is 5.81. The second-order valence-electron chi connectivity index (χ2n) is 7.64. The fourth-order valence-electron chi connectivity index (χ4n) is 2.98. The number of aromatic nitrogens is 2. The van der Waals surface area contributed by atoms with Gasteiger partial charge in [0.25, 0.3) is 0 Å². The van der Waals surface area contributed by atoms with Crippen LogP contribution in [0.1, 0.15) is 77.7 Å². The summed E-state index contributed by atoms with van der Waals surface area (Å²) in [5.41, 5.74) is 2.27. The van der Waals surface area contributed by atoms with E-state index in [1.807, 2.05) is 36.7 Å². The minimum Gasteiger partial charge on any atom is -0.493 e. The minimum atomic E-state index is 0.580. The van der Waals surface area contributed by atoms with E-state index in [1.54, 1.807) is 0 Å². The Bertz CT molecular complexity index is 622. The number of aryl methyl sites for hydroxylation is 1. The molecule has 1 heterocycles. The van der Waals surface area contributed by atoms with Crippen molar-refractivity contribution in [3.8, 4) is 17.1 Å². The van der Waals surface area contributed by atoms with Crippen LogP contribution in [0.15, 0.2) is 36.7 Å². The molecule has 3 nitrogen and oxygen atoms in total. The summed E-state index contributed by atoms with van der Waals surface area (Å²) in [6.07, 6.45) is 15.5. The molecule has 0 aliphatic carbocycles. The van der Waals surface area contributed by atoms with Crippen LogP contribution in [0.4, 0.5) is 0 Å². The van der Waals surface area contributed by atoms with Crippen molar-refractivity contribution in [2.45, 2.75) is 78.6 Å². The molecule has 2 rings (SSSR count). The third-order valence-electron chi connectivity index (χ3n) is 5.12. The number of hydrogen-bond donors (Lipinski definition) is 0. The molecule has 0 amide bonds. The van der Waals surface area contributed by atoms with Crippen LogP contribution in [0.3, 0.4) is 0 Å². The SMILES string of the molecule is CCCCCCCCCc1cnc(-c2ccc(OCC(C)CC)cc2)nc1. The van der Waals surface area contributed by atoms with Gasteiger partial charge in [-0.2, -0.15) is 0 Å². The van der Waals surface area contributed by atoms with Crippen LogP contribution in [-0.2, 0) is 6.42 Å². The number of ether oxygens (including phenoxy) is 1. The molecule has 1 aromatic carbocycles. The van der Waals surface area contributed by atoms with Gasteiger partial charge in [0.2, 0.25) is 0 Å². The lowest BCUT2D eigenvalue weighted by Crippen LogP contribution is -2.07. The van der Waals surface area contributed by atoms with Gasteiger partial charge in [0.05, 0.1) is 6.61 Å². The van der Waals surface area contributed by atoms with E-state index in [0.29, 0.717) is 5.92 Å². The largest absolute Gasteiger partial charge is 0.493 e. The highest BCUT2D eigenvalue weighted by Crippen LogP contribution is 2.20. The summed E-state index contributed by atoms with van der Waals surface area (Å²) in [7, 11) is 0. The van der Waals surface area contributed by atoms with Gasteiger partial charge in [0.15, 0.2) is 5.82 Å². The van der Waals surface area contributed by atoms with Gasteiger partial charge in [0.1, 0.15) is 5.75 Å². The predicted octanol–water partition coefficient (Wildman–Crippen LogP) is 6.86. The maximum atomic E-state index is 5.81. The van der Waals surface area contributed by atoms with Gasteiger partial charge in [-0.3, -0.25) is 0 Å². The van der Waals surface area contributed by atoms with Gasteiger partial charge in [-0.1, -0.05) is 65.7 Å². The zero-order valence-electron chi connectivity index (χ0n) is 17.4. The standard InChI is InChI=1S/C24H36N2O/c1-4-6-7-8-9-10-11-12-21-17-25-24(26-18-21)22-13-15-23(16-14-22)27-19-20(3)5-2/h13-18,20H,4-12,19H2,1-3H3. The molecule has 0 fully saturated rings. The highest BCUT2D eigenvalue weighted by Gasteiger charge is 2.04. The first-order chi connectivity index (χ1) is 13.2. The highest BCUT2D eigenvalue weighted by atomic mass is 16.5. The first-order valence-electron chi connectivity index (χ1n) is 10.8. The smallest absolute Gasteiger partial charge is 0.159 e. The van der Waals surface area contributed by atoms with E-state index in [-0.39, 0.29) is 0 Å². The van der Waals surface area contributed by atoms with E-state index in [2.05, 4.69) is 30.7 Å². The Balaban J connectivity index is 1.75. The first-order valence-corrected chi connectivity index (χ1v) is 10.8. The van der Waals surface area contributed by atoms with E-state index >= 15 is 0 Å². The van der Waals surface area contributed by atoms with Crippen molar-refractivity contribution in [3.63, 3.8) is 0 Å². The predicted molar refractivity (Wildman–Crippen MR) is 114 cm³/mol. The number of benzene rings is 1. The van der Waals surface area contributed by atoms with Crippen LogP contribution in [-0.4, -0.2) is 16.6 Å². The molecule has 3 heteroatoms. The van der Waals surface area contributed by atoms with Gasteiger partial charge in [-0.15, -0.1) is 0 Å². The Morgan fingerprint density at radius 2 is 1.48 bits per heavy atom. The molecule has 0 saturated carbocycles. The van der Waals surface area contributed by atoms with E-state index in [9.17, 15) is 0 Å². The van der Waals surface area contributed by atoms with Crippen LogP contribution < -0.4 is 4.74 Å². The van der Waals surface area contributed by atoms with Gasteiger partial charge in [-0.05, 0) is 48.6 Å². The lowest BCUT2D eigenvalue weighted by molar-refractivity contribution is 0.256. The molecule has 0 N–H and O–H groups in total. The maximum Gasteiger partial charge on any atom is 0.159 e. The molecule has 0 aliphatic heterocycles. The summed E-state index contributed by atoms with van der Waals surface area (Å²) >= 11 is 0. The van der Waals surface area contributed by atoms with Crippen molar-refractivity contribution in [3.05, 3.63) is 42.2 Å². The summed E-state index contributed by atoms with van der Waals surface area (Å²) in [5, 5.41) is 0. The zero-order chi connectivity index (χ0) is 19.3. The summed E-state index contributed by atoms with van der Waals surface area (Å²) in [6.45, 7) is 7.42. The molecule has 27 heavy (non-hydrogen) atoms. The fourth-order valence-corrected chi connectivity index (χ4v) is 2.98. The van der Waals surface area contributed by atoms with Crippen molar-refractivity contribution in [2.24, 2.45) is 5.92 Å². The Kier molecular flexibility index (Phi) is 9.89. The van der Waals surface area contributed by atoms with Crippen molar-refractivity contribution in [1.29, 1.82) is 0 Å². The Hall–Kier alpha value is -1.90. The normalized spacial score (nSPS) is 12.1. The number of hydrogen-bond acceptors (Lipinski definition) is 3. The summed E-state index contributed by atoms with van der Waals surface area (Å²) in [4.78, 5) is 9.11. The van der Waals surface area contributed by atoms with E-state index < -0.39 is 0 Å². The van der Waals surface area contributed by atoms with Crippen LogP contribution in [0.25, 0.3) is 11.4 Å². The van der Waals surface area contributed by atoms with Crippen molar-refractivity contribution >= 4 is 0 Å². The average Bonchev–Trinajstić information content (AvgIpc) is 2.72. The summed E-state index contributed by atoms with van der Waals surface area (Å²) in [6, 6.07) is 8.09. The molecule has 2 aromatic rings. The minimum absolute atomic E-state index is 0.580. The molecule has 0 bridgehead atoms. The topological polar surface area (TPSA) is 35.0 Å². The van der Waals surface area contributed by atoms with Crippen molar-refractivity contribution in [1.82, 2.24) is 9.97 Å². The molecule has 0 spiro atoms. The lowest BCUT2D eigenvalue weighted by Gasteiger charge is -2.11. The third-order valence-corrected chi connectivity index (χ3v) is 5.12. The van der Waals surface area contributed by atoms with Crippen molar-refractivity contribution in [2.75, 3.05) is 6.61 Å². The molecular weight excluding hydrogens is 332 g/mol. The van der Waals surface area contributed by atoms with Crippen LogP contribution in [0, 0.1) is 5.92 Å². The van der Waals surface area contributed by atoms with Gasteiger partial charge in [-0.25, -0.2) is 9.97 Å². The van der Waals surface area contributed by atoms with Gasteiger partial charge < -0.3 is 4.74 Å². The first kappa shape index (κ1) is 21.4. The fraction of sp³-hybridized carbons (Fsp3) is 0.583. The molecule has 0 aliphatic rings. The number of nitrogens with zero attached hydrogens (tertiary/aromatic N) is 2.